The van der Waals surface area contributed by atoms with Crippen LogP contribution < -0.4 is 10.6 Å². The number of carbonyl (C=O) groups excluding carboxylic acids is 3. The Morgan fingerprint density at radius 2 is 1.62 bits per heavy atom. The van der Waals surface area contributed by atoms with Crippen molar-refractivity contribution in [3.63, 3.8) is 0 Å². The number of alkyl carbamates (subject to hydrolysis) is 1. The average molecular weight is 489 g/mol. The van der Waals surface area contributed by atoms with Gasteiger partial charge < -0.3 is 20.1 Å². The first kappa shape index (κ1) is 27.0. The Morgan fingerprint density at radius 1 is 0.941 bits per heavy atom. The Labute approximate surface area is 202 Å². The zero-order valence-electron chi connectivity index (χ0n) is 19.4. The molecule has 0 unspecified atom stereocenters. The van der Waals surface area contributed by atoms with E-state index in [1.807, 2.05) is 36.4 Å². The lowest BCUT2D eigenvalue weighted by atomic mass is 10.1. The first-order valence-corrected chi connectivity index (χ1v) is 12.6. The van der Waals surface area contributed by atoms with Crippen molar-refractivity contribution in [1.82, 2.24) is 10.6 Å². The van der Waals surface area contributed by atoms with E-state index in [0.29, 0.717) is 24.3 Å². The van der Waals surface area contributed by atoms with Gasteiger partial charge >= 0.3 is 12.1 Å². The Kier molecular flexibility index (Phi) is 12.4. The first-order chi connectivity index (χ1) is 16.5. The second-order valence-corrected chi connectivity index (χ2v) is 9.16. The highest BCUT2D eigenvalue weighted by molar-refractivity contribution is 7.85. The molecule has 0 aliphatic heterocycles. The minimum Gasteiger partial charge on any atom is -0.467 e. The van der Waals surface area contributed by atoms with E-state index < -0.39 is 28.9 Å². The van der Waals surface area contributed by atoms with Crippen molar-refractivity contribution in [2.75, 3.05) is 19.4 Å². The Morgan fingerprint density at radius 3 is 2.29 bits per heavy atom. The molecule has 2 rings (SSSR count). The zero-order chi connectivity index (χ0) is 24.6. The van der Waals surface area contributed by atoms with Crippen LogP contribution in [0.3, 0.4) is 0 Å². The molecule has 0 aromatic heterocycles. The number of hydrogen-bond donors (Lipinski definition) is 2. The summed E-state index contributed by atoms with van der Waals surface area (Å²) < 4.78 is 22.3. The van der Waals surface area contributed by atoms with Gasteiger partial charge in [0.1, 0.15) is 12.6 Å². The summed E-state index contributed by atoms with van der Waals surface area (Å²) in [6.07, 6.45) is 2.02. The fourth-order valence-electron chi connectivity index (χ4n) is 3.12. The minimum atomic E-state index is -1.27. The van der Waals surface area contributed by atoms with Gasteiger partial charge in [-0.05, 0) is 37.0 Å². The second kappa shape index (κ2) is 15.6. The van der Waals surface area contributed by atoms with Gasteiger partial charge in [-0.3, -0.25) is 9.00 Å². The molecule has 0 saturated heterocycles. The largest absolute Gasteiger partial charge is 0.467 e. The molecule has 0 aliphatic carbocycles. The van der Waals surface area contributed by atoms with Crippen molar-refractivity contribution in [1.29, 1.82) is 0 Å². The number of ether oxygens (including phenoxy) is 2. The molecule has 0 radical (unpaired) electrons. The normalized spacial score (nSPS) is 12.3. The average Bonchev–Trinajstić information content (AvgIpc) is 2.87. The predicted octanol–water partition coefficient (Wildman–Crippen LogP) is 3.33. The van der Waals surface area contributed by atoms with E-state index in [0.717, 1.165) is 12.0 Å². The lowest BCUT2D eigenvalue weighted by molar-refractivity contribution is -0.145. The minimum absolute atomic E-state index is 0.215. The van der Waals surface area contributed by atoms with Gasteiger partial charge in [0, 0.05) is 23.6 Å². The van der Waals surface area contributed by atoms with Gasteiger partial charge in [0.2, 0.25) is 5.91 Å². The van der Waals surface area contributed by atoms with Crippen LogP contribution in [-0.4, -0.2) is 47.6 Å². The molecule has 9 heteroatoms. The van der Waals surface area contributed by atoms with Gasteiger partial charge in [0.15, 0.2) is 0 Å². The number of nitrogens with one attached hydrogen (secondary N) is 2. The summed E-state index contributed by atoms with van der Waals surface area (Å²) in [6, 6.07) is 17.5. The molecule has 0 spiro atoms. The number of amides is 2. The smallest absolute Gasteiger partial charge is 0.407 e. The molecule has 0 heterocycles. The summed E-state index contributed by atoms with van der Waals surface area (Å²) >= 11 is 0. The molecule has 2 amide bonds. The Balaban J connectivity index is 1.60. The van der Waals surface area contributed by atoms with Crippen LogP contribution in [0, 0.1) is 0 Å². The van der Waals surface area contributed by atoms with E-state index in [4.69, 9.17) is 9.47 Å². The molecular weight excluding hydrogens is 456 g/mol. The van der Waals surface area contributed by atoms with Gasteiger partial charge in [0.05, 0.1) is 17.9 Å². The number of carbonyl (C=O) groups is 3. The highest BCUT2D eigenvalue weighted by atomic mass is 32.2. The number of hydrogen-bond acceptors (Lipinski definition) is 6. The van der Waals surface area contributed by atoms with Crippen LogP contribution in [-0.2, 0) is 36.5 Å². The van der Waals surface area contributed by atoms with Crippen LogP contribution >= 0.6 is 0 Å². The van der Waals surface area contributed by atoms with Gasteiger partial charge in [-0.1, -0.05) is 55.0 Å². The Bertz CT molecular complexity index is 924. The number of unbranched alkanes of at least 4 members (excludes halogenated alkanes) is 2. The summed E-state index contributed by atoms with van der Waals surface area (Å²) in [7, 11) is -0.00952. The fraction of sp³-hybridized carbons (Fsp3) is 0.400. The van der Waals surface area contributed by atoms with E-state index in [9.17, 15) is 18.6 Å². The molecule has 2 N–H and O–H groups in total. The SMILES string of the molecule is COC(=O)[C@@H](CC[S@](=O)c1ccccc1)NC(=O)CCCCCNC(=O)OCc1ccccc1. The summed E-state index contributed by atoms with van der Waals surface area (Å²) in [5, 5.41) is 5.36. The maximum atomic E-state index is 12.4. The molecule has 0 aliphatic rings. The molecule has 2 atom stereocenters. The van der Waals surface area contributed by atoms with Crippen LogP contribution in [0.2, 0.25) is 0 Å². The quantitative estimate of drug-likeness (QED) is 0.312. The molecule has 34 heavy (non-hydrogen) atoms. The molecule has 2 aromatic carbocycles. The first-order valence-electron chi connectivity index (χ1n) is 11.2. The summed E-state index contributed by atoms with van der Waals surface area (Å²) in [5.74, 6) is -0.594. The van der Waals surface area contributed by atoms with Gasteiger partial charge in [-0.2, -0.15) is 0 Å². The van der Waals surface area contributed by atoms with E-state index in [1.165, 1.54) is 7.11 Å². The fourth-order valence-corrected chi connectivity index (χ4v) is 4.27. The van der Waals surface area contributed by atoms with Crippen molar-refractivity contribution in [2.24, 2.45) is 0 Å². The monoisotopic (exact) mass is 488 g/mol. The topological polar surface area (TPSA) is 111 Å². The van der Waals surface area contributed by atoms with E-state index in [2.05, 4.69) is 10.6 Å². The van der Waals surface area contributed by atoms with Crippen LogP contribution in [0.4, 0.5) is 4.79 Å². The van der Waals surface area contributed by atoms with Crippen LogP contribution in [0.1, 0.15) is 37.7 Å². The van der Waals surface area contributed by atoms with Crippen molar-refractivity contribution in [3.8, 4) is 0 Å². The van der Waals surface area contributed by atoms with Gasteiger partial charge in [-0.25, -0.2) is 9.59 Å². The lowest BCUT2D eigenvalue weighted by Crippen LogP contribution is -2.42. The summed E-state index contributed by atoms with van der Waals surface area (Å²) in [4.78, 5) is 36.7. The van der Waals surface area contributed by atoms with E-state index in [-0.39, 0.29) is 31.1 Å². The molecule has 0 fully saturated rings. The standard InChI is InChI=1S/C25H32N2O6S/c1-32-24(29)22(16-18-34(31)21-13-7-3-8-14-21)27-23(28)15-9-4-10-17-26-25(30)33-19-20-11-5-2-6-12-20/h2-3,5-8,11-14,22H,4,9-10,15-19H2,1H3,(H,26,30)(H,27,28)/t22-,34+/m1/s1. The molecule has 0 saturated carbocycles. The third-order valence-electron chi connectivity index (χ3n) is 4.98. The van der Waals surface area contributed by atoms with Gasteiger partial charge in [-0.15, -0.1) is 0 Å². The Hall–Kier alpha value is -3.20. The third kappa shape index (κ3) is 10.6. The second-order valence-electron chi connectivity index (χ2n) is 7.59. The maximum absolute atomic E-state index is 12.4. The van der Waals surface area contributed by atoms with Crippen molar-refractivity contribution in [3.05, 3.63) is 66.2 Å². The van der Waals surface area contributed by atoms with E-state index >= 15 is 0 Å². The molecule has 0 bridgehead atoms. The van der Waals surface area contributed by atoms with Crippen LogP contribution in [0.5, 0.6) is 0 Å². The summed E-state index contributed by atoms with van der Waals surface area (Å²) in [5.41, 5.74) is 0.917. The lowest BCUT2D eigenvalue weighted by Gasteiger charge is -2.16. The van der Waals surface area contributed by atoms with Crippen molar-refractivity contribution >= 4 is 28.8 Å². The van der Waals surface area contributed by atoms with Crippen molar-refractivity contribution < 1.29 is 28.1 Å². The van der Waals surface area contributed by atoms with Crippen molar-refractivity contribution in [2.45, 2.75) is 49.6 Å². The van der Waals surface area contributed by atoms with Gasteiger partial charge in [0.25, 0.3) is 0 Å². The molecular formula is C25H32N2O6S. The highest BCUT2D eigenvalue weighted by Gasteiger charge is 2.22. The third-order valence-corrected chi connectivity index (χ3v) is 6.39. The number of methoxy groups -OCH3 is 1. The zero-order valence-corrected chi connectivity index (χ0v) is 20.2. The van der Waals surface area contributed by atoms with Crippen LogP contribution in [0.25, 0.3) is 0 Å². The number of esters is 1. The highest BCUT2D eigenvalue weighted by Crippen LogP contribution is 2.09. The number of benzene rings is 2. The molecule has 2 aromatic rings. The van der Waals surface area contributed by atoms with E-state index in [1.54, 1.807) is 24.3 Å². The summed E-state index contributed by atoms with van der Waals surface area (Å²) in [6.45, 7) is 0.665. The maximum Gasteiger partial charge on any atom is 0.407 e. The molecule has 8 nitrogen and oxygen atoms in total. The number of rotatable bonds is 14. The molecule has 184 valence electrons. The van der Waals surface area contributed by atoms with Crippen LogP contribution in [0.15, 0.2) is 65.6 Å². The predicted molar refractivity (Wildman–Crippen MR) is 129 cm³/mol.